The molecule has 6 aromatic rings. The van der Waals surface area contributed by atoms with Crippen molar-refractivity contribution in [1.82, 2.24) is 19.7 Å². The zero-order chi connectivity index (χ0) is 23.9. The molecule has 172 valence electrons. The molecule has 0 saturated heterocycles. The van der Waals surface area contributed by atoms with E-state index in [2.05, 4.69) is 5.16 Å². The van der Waals surface area contributed by atoms with Crippen molar-refractivity contribution in [1.29, 1.82) is 0 Å². The summed E-state index contributed by atoms with van der Waals surface area (Å²) in [5, 5.41) is 7.59. The summed E-state index contributed by atoms with van der Waals surface area (Å²) in [5.74, 6) is 2.10. The quantitative estimate of drug-likeness (QED) is 0.333. The normalized spacial score (nSPS) is 11.5. The predicted octanol–water partition coefficient (Wildman–Crippen LogP) is 5.08. The Bertz CT molecular complexity index is 1770. The Balaban J connectivity index is 1.50. The number of hydrogen-bond donors (Lipinski definition) is 0. The first-order valence-corrected chi connectivity index (χ1v) is 11.5. The van der Waals surface area contributed by atoms with E-state index in [0.29, 0.717) is 17.8 Å². The van der Waals surface area contributed by atoms with E-state index in [1.54, 1.807) is 4.57 Å². The second-order valence-corrected chi connectivity index (χ2v) is 8.73. The molecule has 0 saturated carbocycles. The molecule has 0 fully saturated rings. The van der Waals surface area contributed by atoms with E-state index in [1.165, 1.54) is 0 Å². The van der Waals surface area contributed by atoms with Gasteiger partial charge < -0.3 is 14.0 Å². The summed E-state index contributed by atoms with van der Waals surface area (Å²) in [6.45, 7) is 2.67. The third kappa shape index (κ3) is 3.71. The second kappa shape index (κ2) is 8.36. The fourth-order valence-electron chi connectivity index (χ4n) is 4.66. The van der Waals surface area contributed by atoms with Crippen molar-refractivity contribution in [3.8, 4) is 0 Å². The van der Waals surface area contributed by atoms with Crippen LogP contribution in [-0.2, 0) is 13.1 Å². The number of para-hydroxylation sites is 2. The van der Waals surface area contributed by atoms with Gasteiger partial charge >= 0.3 is 0 Å². The summed E-state index contributed by atoms with van der Waals surface area (Å²) in [7, 11) is 1.97. The number of pyridine rings is 1. The Morgan fingerprint density at radius 1 is 0.857 bits per heavy atom. The Kier molecular flexibility index (Phi) is 5.03. The monoisotopic (exact) mass is 461 g/mol. The zero-order valence-electron chi connectivity index (χ0n) is 19.5. The minimum Gasteiger partial charge on any atom is -0.359 e. The topological polar surface area (TPSA) is 77.0 Å². The molecule has 0 unspecified atom stereocenters. The molecule has 35 heavy (non-hydrogen) atoms. The van der Waals surface area contributed by atoms with E-state index >= 15 is 0 Å². The van der Waals surface area contributed by atoms with E-state index < -0.39 is 0 Å². The predicted molar refractivity (Wildman–Crippen MR) is 138 cm³/mol. The number of fused-ring (bicyclic) bond motifs is 4. The molecule has 0 amide bonds. The summed E-state index contributed by atoms with van der Waals surface area (Å²) < 4.78 is 7.19. The van der Waals surface area contributed by atoms with Gasteiger partial charge in [0.1, 0.15) is 5.82 Å². The van der Waals surface area contributed by atoms with Crippen LogP contribution < -0.4 is 10.5 Å². The number of anilines is 1. The van der Waals surface area contributed by atoms with Crippen molar-refractivity contribution in [3.63, 3.8) is 0 Å². The fourth-order valence-corrected chi connectivity index (χ4v) is 4.66. The maximum Gasteiger partial charge on any atom is 0.259 e. The summed E-state index contributed by atoms with van der Waals surface area (Å²) in [5.41, 5.74) is 2.47. The number of rotatable bonds is 5. The van der Waals surface area contributed by atoms with Crippen molar-refractivity contribution in [2.75, 3.05) is 11.9 Å². The summed E-state index contributed by atoms with van der Waals surface area (Å²) >= 11 is 0. The number of hydrogen-bond acceptors (Lipinski definition) is 6. The number of aromatic nitrogens is 4. The van der Waals surface area contributed by atoms with Gasteiger partial charge in [-0.1, -0.05) is 53.7 Å². The Morgan fingerprint density at radius 3 is 2.31 bits per heavy atom. The molecule has 0 N–H and O–H groups in total. The van der Waals surface area contributed by atoms with E-state index in [9.17, 15) is 4.79 Å². The van der Waals surface area contributed by atoms with E-state index in [4.69, 9.17) is 14.5 Å². The van der Waals surface area contributed by atoms with Crippen LogP contribution in [0.4, 0.5) is 5.82 Å². The molecule has 0 aliphatic carbocycles. The lowest BCUT2D eigenvalue weighted by Crippen LogP contribution is -2.24. The van der Waals surface area contributed by atoms with Crippen molar-refractivity contribution < 1.29 is 4.52 Å². The van der Waals surface area contributed by atoms with Gasteiger partial charge in [-0.3, -0.25) is 4.79 Å². The smallest absolute Gasteiger partial charge is 0.259 e. The molecular weight excluding hydrogens is 438 g/mol. The van der Waals surface area contributed by atoms with E-state index in [-0.39, 0.29) is 12.1 Å². The average molecular weight is 462 g/mol. The number of aryl methyl sites for hydroxylation is 1. The first-order chi connectivity index (χ1) is 17.1. The first kappa shape index (κ1) is 21.0. The highest BCUT2D eigenvalue weighted by atomic mass is 16.5. The standard InChI is InChI=1S/C28H23N5O2/c1-18-15-19(35-31-18)16-32(2)27-23-12-5-7-13-24(23)29-26(30-27)17-33-25-14-8-6-10-21(25)20-9-3-4-11-22(20)28(33)34/h3-15H,16-17H2,1-2H3. The molecule has 0 radical (unpaired) electrons. The van der Waals surface area contributed by atoms with Gasteiger partial charge in [-0.05, 0) is 36.6 Å². The highest BCUT2D eigenvalue weighted by Gasteiger charge is 2.16. The summed E-state index contributed by atoms with van der Waals surface area (Å²) in [6.07, 6.45) is 0. The van der Waals surface area contributed by atoms with Crippen LogP contribution in [0.25, 0.3) is 32.6 Å². The number of nitrogens with zero attached hydrogens (tertiary/aromatic N) is 5. The minimum atomic E-state index is -0.0527. The molecule has 0 aliphatic rings. The summed E-state index contributed by atoms with van der Waals surface area (Å²) in [6, 6.07) is 25.5. The van der Waals surface area contributed by atoms with Crippen molar-refractivity contribution in [2.24, 2.45) is 0 Å². The van der Waals surface area contributed by atoms with Crippen LogP contribution in [0.2, 0.25) is 0 Å². The lowest BCUT2D eigenvalue weighted by atomic mass is 10.1. The Labute approximate surface area is 201 Å². The maximum absolute atomic E-state index is 13.6. The van der Waals surface area contributed by atoms with Crippen molar-refractivity contribution in [3.05, 3.63) is 106 Å². The Hall–Kier alpha value is -4.52. The van der Waals surface area contributed by atoms with Gasteiger partial charge in [-0.2, -0.15) is 0 Å². The molecule has 3 heterocycles. The minimum absolute atomic E-state index is 0.0527. The van der Waals surface area contributed by atoms with Crippen LogP contribution in [0.5, 0.6) is 0 Å². The largest absolute Gasteiger partial charge is 0.359 e. The van der Waals surface area contributed by atoms with Gasteiger partial charge in [0.25, 0.3) is 5.56 Å². The van der Waals surface area contributed by atoms with Crippen LogP contribution in [0.3, 0.4) is 0 Å². The van der Waals surface area contributed by atoms with Crippen LogP contribution >= 0.6 is 0 Å². The highest BCUT2D eigenvalue weighted by Crippen LogP contribution is 2.26. The third-order valence-electron chi connectivity index (χ3n) is 6.25. The SMILES string of the molecule is Cc1cc(CN(C)c2nc(Cn3c(=O)c4ccccc4c4ccccc43)nc3ccccc23)on1. The molecule has 7 heteroatoms. The van der Waals surface area contributed by atoms with Crippen LogP contribution in [0, 0.1) is 6.92 Å². The second-order valence-electron chi connectivity index (χ2n) is 8.73. The van der Waals surface area contributed by atoms with E-state index in [1.807, 2.05) is 97.7 Å². The van der Waals surface area contributed by atoms with E-state index in [0.717, 1.165) is 44.5 Å². The molecule has 3 aromatic heterocycles. The molecule has 0 aliphatic heterocycles. The molecule has 0 spiro atoms. The van der Waals surface area contributed by atoms with Crippen molar-refractivity contribution >= 4 is 38.4 Å². The van der Waals surface area contributed by atoms with Crippen LogP contribution in [-0.4, -0.2) is 26.7 Å². The zero-order valence-corrected chi connectivity index (χ0v) is 19.5. The maximum atomic E-state index is 13.6. The average Bonchev–Trinajstić information content (AvgIpc) is 3.30. The molecule has 3 aromatic carbocycles. The molecule has 7 nitrogen and oxygen atoms in total. The van der Waals surface area contributed by atoms with Gasteiger partial charge in [-0.25, -0.2) is 9.97 Å². The lowest BCUT2D eigenvalue weighted by Gasteiger charge is -2.20. The number of benzene rings is 3. The fraction of sp³-hybridized carbons (Fsp3) is 0.143. The van der Waals surface area contributed by atoms with Crippen LogP contribution in [0.1, 0.15) is 17.3 Å². The van der Waals surface area contributed by atoms with Gasteiger partial charge in [0, 0.05) is 29.3 Å². The first-order valence-electron chi connectivity index (χ1n) is 11.5. The van der Waals surface area contributed by atoms with Gasteiger partial charge in [0.2, 0.25) is 0 Å². The van der Waals surface area contributed by atoms with Gasteiger partial charge in [0.15, 0.2) is 11.6 Å². The Morgan fingerprint density at radius 2 is 1.54 bits per heavy atom. The molecular formula is C28H23N5O2. The summed E-state index contributed by atoms with van der Waals surface area (Å²) in [4.78, 5) is 25.3. The molecule has 0 atom stereocenters. The van der Waals surface area contributed by atoms with Crippen LogP contribution in [0.15, 0.2) is 88.2 Å². The lowest BCUT2D eigenvalue weighted by molar-refractivity contribution is 0.379. The van der Waals surface area contributed by atoms with Gasteiger partial charge in [-0.15, -0.1) is 0 Å². The van der Waals surface area contributed by atoms with Gasteiger partial charge in [0.05, 0.1) is 29.8 Å². The third-order valence-corrected chi connectivity index (χ3v) is 6.25. The molecule has 0 bridgehead atoms. The molecule has 6 rings (SSSR count). The highest BCUT2D eigenvalue weighted by molar-refractivity contribution is 6.05. The van der Waals surface area contributed by atoms with Crippen molar-refractivity contribution in [2.45, 2.75) is 20.0 Å².